The van der Waals surface area contributed by atoms with Crippen LogP contribution in [0.4, 0.5) is 4.79 Å². The molecule has 1 fully saturated rings. The van der Waals surface area contributed by atoms with Crippen LogP contribution in [0.25, 0.3) is 0 Å². The van der Waals surface area contributed by atoms with E-state index in [9.17, 15) is 9.59 Å². The Morgan fingerprint density at radius 3 is 2.32 bits per heavy atom. The summed E-state index contributed by atoms with van der Waals surface area (Å²) >= 11 is 0. The van der Waals surface area contributed by atoms with E-state index in [4.69, 9.17) is 4.74 Å². The quantitative estimate of drug-likeness (QED) is 0.861. The van der Waals surface area contributed by atoms with Gasteiger partial charge >= 0.3 is 6.09 Å². The third-order valence-corrected chi connectivity index (χ3v) is 3.42. The molecule has 1 aliphatic rings. The van der Waals surface area contributed by atoms with E-state index in [0.29, 0.717) is 32.5 Å². The normalized spacial score (nSPS) is 16.4. The molecule has 120 valence electrons. The fourth-order valence-corrected chi connectivity index (χ4v) is 2.34. The van der Waals surface area contributed by atoms with E-state index in [1.165, 1.54) is 0 Å². The van der Waals surface area contributed by atoms with Crippen molar-refractivity contribution >= 4 is 11.9 Å². The Kier molecular flexibility index (Phi) is 5.19. The molecule has 0 radical (unpaired) electrons. The monoisotopic (exact) mass is 304 g/mol. The molecule has 0 aliphatic carbocycles. The number of rotatable bonds is 3. The first-order valence-electron chi connectivity index (χ1n) is 7.66. The maximum Gasteiger partial charge on any atom is 0.425 e. The lowest BCUT2D eigenvalue weighted by atomic mass is 10.1. The van der Waals surface area contributed by atoms with Crippen LogP contribution in [0.3, 0.4) is 0 Å². The fraction of sp³-hybridized carbons (Fsp3) is 0.529. The topological polar surface area (TPSA) is 49.9 Å². The zero-order chi connectivity index (χ0) is 16.2. The number of Topliss-reactive ketones (excluding diaryl/α,β-unsaturated/α-hetero) is 1. The van der Waals surface area contributed by atoms with E-state index in [1.807, 2.05) is 56.1 Å². The van der Waals surface area contributed by atoms with E-state index in [1.54, 1.807) is 5.01 Å². The van der Waals surface area contributed by atoms with Crippen LogP contribution in [0, 0.1) is 0 Å². The highest BCUT2D eigenvalue weighted by Crippen LogP contribution is 2.17. The van der Waals surface area contributed by atoms with Crippen molar-refractivity contribution in [3.05, 3.63) is 35.9 Å². The second-order valence-corrected chi connectivity index (χ2v) is 6.52. The molecule has 1 heterocycles. The highest BCUT2D eigenvalue weighted by molar-refractivity contribution is 5.79. The zero-order valence-electron chi connectivity index (χ0n) is 13.5. The summed E-state index contributed by atoms with van der Waals surface area (Å²) in [7, 11) is 0. The Hall–Kier alpha value is -1.88. The molecule has 1 aromatic rings. The lowest BCUT2D eigenvalue weighted by molar-refractivity contribution is -0.127. The summed E-state index contributed by atoms with van der Waals surface area (Å²) in [5.41, 5.74) is 0.489. The summed E-state index contributed by atoms with van der Waals surface area (Å²) in [6.45, 7) is 7.13. The Balaban J connectivity index is 2.13. The molecule has 0 aromatic heterocycles. The van der Waals surface area contributed by atoms with Crippen molar-refractivity contribution < 1.29 is 14.3 Å². The Labute approximate surface area is 131 Å². The average molecular weight is 304 g/mol. The van der Waals surface area contributed by atoms with Gasteiger partial charge in [0.05, 0.1) is 6.54 Å². The van der Waals surface area contributed by atoms with Gasteiger partial charge in [0.2, 0.25) is 0 Å². The summed E-state index contributed by atoms with van der Waals surface area (Å²) in [4.78, 5) is 23.9. The number of piperidine rings is 1. The number of carbonyl (C=O) groups is 2. The number of ether oxygens (including phenoxy) is 1. The van der Waals surface area contributed by atoms with Crippen LogP contribution in [0.1, 0.15) is 39.2 Å². The molecule has 5 heteroatoms. The van der Waals surface area contributed by atoms with Gasteiger partial charge in [-0.25, -0.2) is 14.8 Å². The molecule has 22 heavy (non-hydrogen) atoms. The summed E-state index contributed by atoms with van der Waals surface area (Å²) in [6.07, 6.45) is 0.591. The number of hydrazine groups is 1. The second kappa shape index (κ2) is 6.92. The van der Waals surface area contributed by atoms with Crippen molar-refractivity contribution in [3.8, 4) is 0 Å². The van der Waals surface area contributed by atoms with E-state index in [-0.39, 0.29) is 11.9 Å². The van der Waals surface area contributed by atoms with Gasteiger partial charge < -0.3 is 4.74 Å². The van der Waals surface area contributed by atoms with Crippen LogP contribution in [-0.2, 0) is 16.1 Å². The molecule has 1 aromatic carbocycles. The smallest absolute Gasteiger partial charge is 0.425 e. The number of nitrogens with zero attached hydrogens (tertiary/aromatic N) is 2. The van der Waals surface area contributed by atoms with Crippen LogP contribution in [0.15, 0.2) is 30.3 Å². The Morgan fingerprint density at radius 2 is 1.77 bits per heavy atom. The molecule has 1 aliphatic heterocycles. The van der Waals surface area contributed by atoms with Crippen LogP contribution >= 0.6 is 0 Å². The molecule has 1 amide bonds. The van der Waals surface area contributed by atoms with Crippen LogP contribution in [0.5, 0.6) is 0 Å². The summed E-state index contributed by atoms with van der Waals surface area (Å²) in [5, 5.41) is 3.54. The third kappa shape index (κ3) is 4.84. The first-order chi connectivity index (χ1) is 10.3. The number of hydrogen-bond acceptors (Lipinski definition) is 4. The molecule has 0 N–H and O–H groups in total. The Morgan fingerprint density at radius 1 is 1.18 bits per heavy atom. The lowest BCUT2D eigenvalue weighted by Gasteiger charge is -2.37. The van der Waals surface area contributed by atoms with E-state index in [2.05, 4.69) is 0 Å². The van der Waals surface area contributed by atoms with Crippen LogP contribution < -0.4 is 0 Å². The fourth-order valence-electron chi connectivity index (χ4n) is 2.34. The SMILES string of the molecule is CC(C)(C)OC(=O)N(Cc1ccccc1)N1CCC(=O)CC1. The zero-order valence-corrected chi connectivity index (χ0v) is 13.5. The average Bonchev–Trinajstić information content (AvgIpc) is 2.45. The molecular weight excluding hydrogens is 280 g/mol. The number of carbonyl (C=O) groups excluding carboxylic acids is 2. The van der Waals surface area contributed by atoms with Gasteiger partial charge in [-0.3, -0.25) is 4.79 Å². The third-order valence-electron chi connectivity index (χ3n) is 3.42. The predicted molar refractivity (Wildman–Crippen MR) is 84.0 cm³/mol. The summed E-state index contributed by atoms with van der Waals surface area (Å²) in [6, 6.07) is 9.80. The van der Waals surface area contributed by atoms with Gasteiger partial charge in [0.15, 0.2) is 0 Å². The number of benzene rings is 1. The predicted octanol–water partition coefficient (Wildman–Crippen LogP) is 3.00. The van der Waals surface area contributed by atoms with Gasteiger partial charge in [0.25, 0.3) is 0 Å². The highest BCUT2D eigenvalue weighted by atomic mass is 16.6. The lowest BCUT2D eigenvalue weighted by Crippen LogP contribution is -2.51. The maximum absolute atomic E-state index is 12.5. The van der Waals surface area contributed by atoms with Gasteiger partial charge in [0.1, 0.15) is 11.4 Å². The minimum absolute atomic E-state index is 0.250. The van der Waals surface area contributed by atoms with E-state index < -0.39 is 5.60 Å². The molecular formula is C17H24N2O3. The minimum atomic E-state index is -0.544. The van der Waals surface area contributed by atoms with Crippen molar-refractivity contribution in [1.29, 1.82) is 0 Å². The van der Waals surface area contributed by atoms with Crippen molar-refractivity contribution in [2.75, 3.05) is 13.1 Å². The maximum atomic E-state index is 12.5. The molecule has 1 saturated heterocycles. The summed E-state index contributed by atoms with van der Waals surface area (Å²) < 4.78 is 5.51. The van der Waals surface area contributed by atoms with E-state index >= 15 is 0 Å². The Bertz CT molecular complexity index is 512. The molecule has 0 spiro atoms. The first-order valence-corrected chi connectivity index (χ1v) is 7.66. The minimum Gasteiger partial charge on any atom is -0.443 e. The number of hydrogen-bond donors (Lipinski definition) is 0. The largest absolute Gasteiger partial charge is 0.443 e. The summed E-state index contributed by atoms with van der Waals surface area (Å²) in [5.74, 6) is 0.250. The van der Waals surface area contributed by atoms with Gasteiger partial charge in [0, 0.05) is 25.9 Å². The molecule has 5 nitrogen and oxygen atoms in total. The molecule has 0 unspecified atom stereocenters. The molecule has 0 atom stereocenters. The standard InChI is InChI=1S/C17H24N2O3/c1-17(2,3)22-16(21)19(13-14-7-5-4-6-8-14)18-11-9-15(20)10-12-18/h4-8H,9-13H2,1-3H3. The van der Waals surface area contributed by atoms with Crippen molar-refractivity contribution in [2.24, 2.45) is 0 Å². The van der Waals surface area contributed by atoms with Crippen LogP contribution in [-0.4, -0.2) is 40.6 Å². The van der Waals surface area contributed by atoms with Crippen molar-refractivity contribution in [1.82, 2.24) is 10.0 Å². The molecule has 0 saturated carbocycles. The van der Waals surface area contributed by atoms with Crippen LogP contribution in [0.2, 0.25) is 0 Å². The first kappa shape index (κ1) is 16.5. The van der Waals surface area contributed by atoms with Crippen molar-refractivity contribution in [3.63, 3.8) is 0 Å². The van der Waals surface area contributed by atoms with Gasteiger partial charge in [-0.05, 0) is 26.3 Å². The van der Waals surface area contributed by atoms with E-state index in [0.717, 1.165) is 5.56 Å². The number of ketones is 1. The highest BCUT2D eigenvalue weighted by Gasteiger charge is 2.29. The van der Waals surface area contributed by atoms with Gasteiger partial charge in [-0.2, -0.15) is 0 Å². The molecule has 0 bridgehead atoms. The number of amides is 1. The van der Waals surface area contributed by atoms with Gasteiger partial charge in [-0.1, -0.05) is 30.3 Å². The second-order valence-electron chi connectivity index (χ2n) is 6.52. The molecule has 2 rings (SSSR count). The van der Waals surface area contributed by atoms with Gasteiger partial charge in [-0.15, -0.1) is 0 Å². The van der Waals surface area contributed by atoms with Crippen molar-refractivity contribution in [2.45, 2.75) is 45.8 Å².